The molecule has 0 fully saturated rings. The molecule has 2 amide bonds. The minimum atomic E-state index is -1.04. The van der Waals surface area contributed by atoms with Crippen LogP contribution in [0.15, 0.2) is 48.5 Å². The lowest BCUT2D eigenvalue weighted by Gasteiger charge is -2.20. The first kappa shape index (κ1) is 16.4. The van der Waals surface area contributed by atoms with Crippen LogP contribution in [0.25, 0.3) is 0 Å². The van der Waals surface area contributed by atoms with E-state index in [-0.39, 0.29) is 17.7 Å². The lowest BCUT2D eigenvalue weighted by atomic mass is 10.1. The van der Waals surface area contributed by atoms with E-state index in [1.165, 1.54) is 6.92 Å². The number of amides is 2. The van der Waals surface area contributed by atoms with E-state index in [1.54, 1.807) is 48.5 Å². The van der Waals surface area contributed by atoms with Crippen molar-refractivity contribution in [1.29, 1.82) is 5.26 Å². The fraction of sp³-hybridized carbons (Fsp3) is 0.158. The second kappa shape index (κ2) is 6.57. The largest absolute Gasteiger partial charge is 0.459 e. The maximum atomic E-state index is 12.4. The lowest BCUT2D eigenvalue weighted by Crippen LogP contribution is -2.43. The minimum Gasteiger partial charge on any atom is -0.459 e. The molecule has 1 heterocycles. The fourth-order valence-corrected chi connectivity index (χ4v) is 2.67. The van der Waals surface area contributed by atoms with Crippen LogP contribution >= 0.6 is 0 Å². The van der Waals surface area contributed by atoms with E-state index in [2.05, 4.69) is 0 Å². The average Bonchev–Trinajstić information content (AvgIpc) is 2.90. The molecule has 124 valence electrons. The van der Waals surface area contributed by atoms with E-state index >= 15 is 0 Å². The van der Waals surface area contributed by atoms with Gasteiger partial charge in [0.15, 0.2) is 0 Å². The molecule has 6 nitrogen and oxygen atoms in total. The van der Waals surface area contributed by atoms with Gasteiger partial charge in [0, 0.05) is 0 Å². The summed E-state index contributed by atoms with van der Waals surface area (Å²) in [6, 6.07) is 14.1. The zero-order valence-corrected chi connectivity index (χ0v) is 13.4. The number of benzene rings is 2. The molecular formula is C19H14N2O4. The maximum absolute atomic E-state index is 12.4. The van der Waals surface area contributed by atoms with Crippen LogP contribution in [0.3, 0.4) is 0 Å². The van der Waals surface area contributed by atoms with Crippen LogP contribution < -0.4 is 0 Å². The Bertz CT molecular complexity index is 879. The number of fused-ring (bicyclic) bond motifs is 1. The molecule has 0 aliphatic carbocycles. The first-order valence-electron chi connectivity index (χ1n) is 7.65. The first-order valence-corrected chi connectivity index (χ1v) is 7.65. The van der Waals surface area contributed by atoms with Crippen molar-refractivity contribution in [2.45, 2.75) is 19.6 Å². The third kappa shape index (κ3) is 3.00. The maximum Gasteiger partial charge on any atom is 0.329 e. The van der Waals surface area contributed by atoms with E-state index in [4.69, 9.17) is 10.00 Å². The highest BCUT2D eigenvalue weighted by atomic mass is 16.5. The summed E-state index contributed by atoms with van der Waals surface area (Å²) in [6.07, 6.45) is 0. The number of imide groups is 1. The smallest absolute Gasteiger partial charge is 0.329 e. The van der Waals surface area contributed by atoms with E-state index < -0.39 is 23.8 Å². The summed E-state index contributed by atoms with van der Waals surface area (Å²) in [7, 11) is 0. The highest BCUT2D eigenvalue weighted by Gasteiger charge is 2.41. The van der Waals surface area contributed by atoms with Crippen molar-refractivity contribution < 1.29 is 19.1 Å². The molecular weight excluding hydrogens is 320 g/mol. The predicted octanol–water partition coefficient (Wildman–Crippen LogP) is 2.29. The average molecular weight is 334 g/mol. The van der Waals surface area contributed by atoms with E-state index in [1.807, 2.05) is 6.07 Å². The van der Waals surface area contributed by atoms with Gasteiger partial charge in [0.1, 0.15) is 12.6 Å². The summed E-state index contributed by atoms with van der Waals surface area (Å²) in [5.41, 5.74) is 1.69. The topological polar surface area (TPSA) is 87.5 Å². The molecule has 0 radical (unpaired) electrons. The highest BCUT2D eigenvalue weighted by molar-refractivity contribution is 6.22. The molecule has 2 aromatic rings. The standard InChI is InChI=1S/C19H14N2O4/c1-12(19(24)25-11-14-6-4-5-13(9-14)10-20)21-17(22)15-7-2-3-8-16(15)18(21)23/h2-9,12H,11H2,1H3/t12-/m0/s1. The molecule has 0 saturated heterocycles. The van der Waals surface area contributed by atoms with Gasteiger partial charge in [-0.2, -0.15) is 5.26 Å². The van der Waals surface area contributed by atoms with Crippen molar-refractivity contribution in [3.05, 3.63) is 70.8 Å². The predicted molar refractivity (Wildman–Crippen MR) is 87.4 cm³/mol. The number of rotatable bonds is 4. The number of ether oxygens (including phenoxy) is 1. The Kier molecular flexibility index (Phi) is 4.31. The molecule has 2 aromatic carbocycles. The van der Waals surface area contributed by atoms with Crippen LogP contribution in [0.2, 0.25) is 0 Å². The molecule has 0 bridgehead atoms. The normalized spacial score (nSPS) is 14.0. The molecule has 0 spiro atoms. The van der Waals surface area contributed by atoms with Crippen molar-refractivity contribution in [3.63, 3.8) is 0 Å². The molecule has 25 heavy (non-hydrogen) atoms. The van der Waals surface area contributed by atoms with Gasteiger partial charge in [0.2, 0.25) is 0 Å². The first-order chi connectivity index (χ1) is 12.0. The molecule has 1 aliphatic rings. The van der Waals surface area contributed by atoms with Crippen LogP contribution in [0.4, 0.5) is 0 Å². The zero-order chi connectivity index (χ0) is 18.0. The number of carbonyl (C=O) groups is 3. The van der Waals surface area contributed by atoms with E-state index in [9.17, 15) is 14.4 Å². The quantitative estimate of drug-likeness (QED) is 0.632. The van der Waals surface area contributed by atoms with Gasteiger partial charge in [-0.25, -0.2) is 4.79 Å². The number of nitrogens with zero attached hydrogens (tertiary/aromatic N) is 2. The van der Waals surface area contributed by atoms with Crippen molar-refractivity contribution >= 4 is 17.8 Å². The van der Waals surface area contributed by atoms with Crippen molar-refractivity contribution in [3.8, 4) is 6.07 Å². The summed E-state index contributed by atoms with van der Waals surface area (Å²) in [5.74, 6) is -1.69. The van der Waals surface area contributed by atoms with Crippen molar-refractivity contribution in [1.82, 2.24) is 4.90 Å². The van der Waals surface area contributed by atoms with Crippen molar-refractivity contribution in [2.75, 3.05) is 0 Å². The van der Waals surface area contributed by atoms with Crippen LogP contribution in [0.1, 0.15) is 38.8 Å². The monoisotopic (exact) mass is 334 g/mol. The van der Waals surface area contributed by atoms with Gasteiger partial charge in [-0.15, -0.1) is 0 Å². The summed E-state index contributed by atoms with van der Waals surface area (Å²) in [5, 5.41) is 8.88. The van der Waals surface area contributed by atoms with Crippen LogP contribution in [-0.2, 0) is 16.1 Å². The Morgan fingerprint density at radius 2 is 1.76 bits per heavy atom. The zero-order valence-electron chi connectivity index (χ0n) is 13.4. The summed E-state index contributed by atoms with van der Waals surface area (Å²) >= 11 is 0. The van der Waals surface area contributed by atoms with E-state index in [0.29, 0.717) is 11.1 Å². The molecule has 0 unspecified atom stereocenters. The second-order valence-electron chi connectivity index (χ2n) is 5.62. The van der Waals surface area contributed by atoms with Gasteiger partial charge in [-0.05, 0) is 36.8 Å². The van der Waals surface area contributed by atoms with Crippen molar-refractivity contribution in [2.24, 2.45) is 0 Å². The van der Waals surface area contributed by atoms with Crippen LogP contribution in [-0.4, -0.2) is 28.7 Å². The molecule has 3 rings (SSSR count). The van der Waals surface area contributed by atoms with Gasteiger partial charge in [0.25, 0.3) is 11.8 Å². The molecule has 1 atom stereocenters. The number of hydrogen-bond acceptors (Lipinski definition) is 5. The number of nitriles is 1. The van der Waals surface area contributed by atoms with E-state index in [0.717, 1.165) is 4.90 Å². The molecule has 1 aliphatic heterocycles. The van der Waals surface area contributed by atoms with Gasteiger partial charge in [0.05, 0.1) is 22.8 Å². The molecule has 0 saturated carbocycles. The number of carbonyl (C=O) groups excluding carboxylic acids is 3. The third-order valence-electron chi connectivity index (χ3n) is 3.99. The Morgan fingerprint density at radius 3 is 2.36 bits per heavy atom. The van der Waals surface area contributed by atoms with Gasteiger partial charge >= 0.3 is 5.97 Å². The van der Waals surface area contributed by atoms with Gasteiger partial charge in [-0.3, -0.25) is 14.5 Å². The Hall–Kier alpha value is -3.46. The summed E-state index contributed by atoms with van der Waals surface area (Å²) in [4.78, 5) is 37.9. The molecule has 6 heteroatoms. The minimum absolute atomic E-state index is 0.0398. The van der Waals surface area contributed by atoms with Gasteiger partial charge in [-0.1, -0.05) is 24.3 Å². The third-order valence-corrected chi connectivity index (χ3v) is 3.99. The Morgan fingerprint density at radius 1 is 1.12 bits per heavy atom. The SMILES string of the molecule is C[C@@H](C(=O)OCc1cccc(C#N)c1)N1C(=O)c2ccccc2C1=O. The summed E-state index contributed by atoms with van der Waals surface area (Å²) in [6.45, 7) is 1.41. The highest BCUT2D eigenvalue weighted by Crippen LogP contribution is 2.24. The number of esters is 1. The second-order valence-corrected chi connectivity index (χ2v) is 5.62. The lowest BCUT2D eigenvalue weighted by molar-refractivity contribution is -0.149. The molecule has 0 N–H and O–H groups in total. The number of hydrogen-bond donors (Lipinski definition) is 0. The van der Waals surface area contributed by atoms with Crippen LogP contribution in [0, 0.1) is 11.3 Å². The molecule has 0 aromatic heterocycles. The van der Waals surface area contributed by atoms with Crippen LogP contribution in [0.5, 0.6) is 0 Å². The van der Waals surface area contributed by atoms with Gasteiger partial charge < -0.3 is 4.74 Å². The fourth-order valence-electron chi connectivity index (χ4n) is 2.67. The Labute approximate surface area is 144 Å². The summed E-state index contributed by atoms with van der Waals surface area (Å²) < 4.78 is 5.20. The Balaban J connectivity index is 1.70.